The first-order valence-corrected chi connectivity index (χ1v) is 11.0. The molecule has 2 aromatic rings. The summed E-state index contributed by atoms with van der Waals surface area (Å²) in [6.45, 7) is 0.535. The molecule has 9 heteroatoms. The summed E-state index contributed by atoms with van der Waals surface area (Å²) in [5.74, 6) is 0.985. The van der Waals surface area contributed by atoms with Gasteiger partial charge in [-0.05, 0) is 36.4 Å². The number of benzene rings is 2. The fraction of sp³-hybridized carbons (Fsp3) is 0.333. The lowest BCUT2D eigenvalue weighted by Gasteiger charge is -2.36. The summed E-state index contributed by atoms with van der Waals surface area (Å²) in [7, 11) is -0.524. The van der Waals surface area contributed by atoms with E-state index in [0.717, 1.165) is 0 Å². The number of nitrogens with zero attached hydrogens (tertiary/aromatic N) is 2. The van der Waals surface area contributed by atoms with Gasteiger partial charge in [0.1, 0.15) is 22.9 Å². The van der Waals surface area contributed by atoms with Gasteiger partial charge in [-0.15, -0.1) is 0 Å². The van der Waals surface area contributed by atoms with Gasteiger partial charge in [0.2, 0.25) is 10.0 Å². The first-order valence-electron chi connectivity index (χ1n) is 9.58. The largest absolute Gasteiger partial charge is 0.497 e. The molecule has 2 aromatic carbocycles. The van der Waals surface area contributed by atoms with Crippen molar-refractivity contribution >= 4 is 21.6 Å². The monoisotopic (exact) mass is 429 g/mol. The van der Waals surface area contributed by atoms with E-state index in [-0.39, 0.29) is 23.9 Å². The number of hydrogen-bond acceptors (Lipinski definition) is 6. The molecule has 1 saturated heterocycles. The molecule has 1 spiro atoms. The van der Waals surface area contributed by atoms with Gasteiger partial charge >= 0.3 is 0 Å². The number of methoxy groups -OCH3 is 2. The summed E-state index contributed by atoms with van der Waals surface area (Å²) in [6.07, 6.45) is 0.809. The maximum absolute atomic E-state index is 13.0. The lowest BCUT2D eigenvalue weighted by atomic mass is 10.00. The second-order valence-corrected chi connectivity index (χ2v) is 9.20. The minimum atomic E-state index is -3.62. The van der Waals surface area contributed by atoms with Crippen LogP contribution in [0.4, 0.5) is 0 Å². The fourth-order valence-corrected chi connectivity index (χ4v) is 5.20. The van der Waals surface area contributed by atoms with Crippen LogP contribution in [0.2, 0.25) is 0 Å². The molecular formula is C21H23N3O5S. The van der Waals surface area contributed by atoms with Crippen LogP contribution < -0.4 is 14.8 Å². The van der Waals surface area contributed by atoms with Gasteiger partial charge in [0.25, 0.3) is 5.91 Å². The third kappa shape index (κ3) is 3.66. The summed E-state index contributed by atoms with van der Waals surface area (Å²) in [5.41, 5.74) is 0.249. The molecule has 8 nitrogen and oxygen atoms in total. The summed E-state index contributed by atoms with van der Waals surface area (Å²) >= 11 is 0. The molecule has 158 valence electrons. The number of aliphatic imine (C=N–C) groups is 1. The van der Waals surface area contributed by atoms with Crippen LogP contribution in [0, 0.1) is 0 Å². The quantitative estimate of drug-likeness (QED) is 0.782. The third-order valence-corrected chi connectivity index (χ3v) is 7.39. The van der Waals surface area contributed by atoms with Crippen molar-refractivity contribution in [3.63, 3.8) is 0 Å². The van der Waals surface area contributed by atoms with E-state index >= 15 is 0 Å². The molecule has 1 amide bonds. The summed E-state index contributed by atoms with van der Waals surface area (Å²) < 4.78 is 37.7. The van der Waals surface area contributed by atoms with Crippen LogP contribution in [0.3, 0.4) is 0 Å². The molecule has 2 heterocycles. The van der Waals surface area contributed by atoms with E-state index in [1.165, 1.54) is 23.5 Å². The van der Waals surface area contributed by atoms with Crippen molar-refractivity contribution < 1.29 is 22.7 Å². The van der Waals surface area contributed by atoms with E-state index in [1.807, 2.05) is 6.07 Å². The fourth-order valence-electron chi connectivity index (χ4n) is 3.76. The molecule has 1 N–H and O–H groups in total. The predicted molar refractivity (Wildman–Crippen MR) is 111 cm³/mol. The average molecular weight is 429 g/mol. The van der Waals surface area contributed by atoms with Gasteiger partial charge in [0.05, 0.1) is 19.1 Å². The Morgan fingerprint density at radius 2 is 1.67 bits per heavy atom. The summed E-state index contributed by atoms with van der Waals surface area (Å²) in [5, 5.41) is 2.96. The minimum absolute atomic E-state index is 0.218. The van der Waals surface area contributed by atoms with E-state index in [0.29, 0.717) is 35.6 Å². The highest BCUT2D eigenvalue weighted by Crippen LogP contribution is 2.32. The molecule has 0 radical (unpaired) electrons. The second-order valence-electron chi connectivity index (χ2n) is 7.26. The summed E-state index contributed by atoms with van der Waals surface area (Å²) in [4.78, 5) is 17.5. The standard InChI is InChI=1S/C21H23N3O5S/c1-28-16-6-8-18(9-7-16)30(26,27)24-12-10-21(11-13-24)22-19(20(25)23-21)15-4-3-5-17(14-15)29-2/h3-9,14H,10-13H2,1-2H3,(H,23,25). The molecule has 0 bridgehead atoms. The lowest BCUT2D eigenvalue weighted by Crippen LogP contribution is -2.52. The zero-order valence-electron chi connectivity index (χ0n) is 16.8. The van der Waals surface area contributed by atoms with Crippen molar-refractivity contribution in [1.82, 2.24) is 9.62 Å². The third-order valence-electron chi connectivity index (χ3n) is 5.48. The van der Waals surface area contributed by atoms with Crippen LogP contribution in [0.5, 0.6) is 11.5 Å². The molecule has 4 rings (SSSR count). The van der Waals surface area contributed by atoms with Gasteiger partial charge in [-0.2, -0.15) is 4.31 Å². The normalized spacial score (nSPS) is 18.7. The number of hydrogen-bond donors (Lipinski definition) is 1. The molecule has 0 aromatic heterocycles. The molecule has 30 heavy (non-hydrogen) atoms. The minimum Gasteiger partial charge on any atom is -0.497 e. The zero-order valence-corrected chi connectivity index (χ0v) is 17.6. The van der Waals surface area contributed by atoms with Crippen LogP contribution >= 0.6 is 0 Å². The molecule has 1 fully saturated rings. The number of nitrogens with one attached hydrogen (secondary N) is 1. The van der Waals surface area contributed by atoms with Crippen molar-refractivity contribution in [2.75, 3.05) is 27.3 Å². The highest BCUT2D eigenvalue weighted by Gasteiger charge is 2.44. The molecule has 2 aliphatic rings. The second kappa shape index (κ2) is 7.73. The van der Waals surface area contributed by atoms with E-state index in [2.05, 4.69) is 10.3 Å². The zero-order chi connectivity index (χ0) is 21.4. The van der Waals surface area contributed by atoms with Gasteiger partial charge in [0.15, 0.2) is 0 Å². The Kier molecular flexibility index (Phi) is 5.25. The highest BCUT2D eigenvalue weighted by molar-refractivity contribution is 7.89. The van der Waals surface area contributed by atoms with Gasteiger partial charge < -0.3 is 14.8 Å². The molecule has 0 saturated carbocycles. The number of amides is 1. The Balaban J connectivity index is 1.52. The Labute approximate surface area is 175 Å². The van der Waals surface area contributed by atoms with E-state index in [1.54, 1.807) is 37.4 Å². The maximum atomic E-state index is 13.0. The number of ether oxygens (including phenoxy) is 2. The molecule has 0 unspecified atom stereocenters. The van der Waals surface area contributed by atoms with Crippen molar-refractivity contribution in [3.05, 3.63) is 54.1 Å². The Bertz CT molecular complexity index is 1090. The lowest BCUT2D eigenvalue weighted by molar-refractivity contribution is -0.115. The number of carbonyl (C=O) groups is 1. The number of sulfonamides is 1. The number of piperidine rings is 1. The van der Waals surface area contributed by atoms with Gasteiger partial charge in [-0.25, -0.2) is 8.42 Å². The molecular weight excluding hydrogens is 406 g/mol. The molecule has 2 aliphatic heterocycles. The maximum Gasteiger partial charge on any atom is 0.272 e. The van der Waals surface area contributed by atoms with Crippen LogP contribution in [0.1, 0.15) is 18.4 Å². The van der Waals surface area contributed by atoms with Crippen LogP contribution in [0.15, 0.2) is 58.4 Å². The van der Waals surface area contributed by atoms with Crippen molar-refractivity contribution in [1.29, 1.82) is 0 Å². The Morgan fingerprint density at radius 3 is 2.30 bits per heavy atom. The van der Waals surface area contributed by atoms with E-state index in [9.17, 15) is 13.2 Å². The Morgan fingerprint density at radius 1 is 1.00 bits per heavy atom. The predicted octanol–water partition coefficient (Wildman–Crippen LogP) is 1.80. The number of carbonyl (C=O) groups excluding carboxylic acids is 1. The average Bonchev–Trinajstić information content (AvgIpc) is 3.09. The van der Waals surface area contributed by atoms with Crippen molar-refractivity contribution in [2.24, 2.45) is 4.99 Å². The molecule has 0 aliphatic carbocycles. The topological polar surface area (TPSA) is 97.3 Å². The van der Waals surface area contributed by atoms with Crippen molar-refractivity contribution in [2.45, 2.75) is 23.4 Å². The van der Waals surface area contributed by atoms with Gasteiger partial charge in [-0.1, -0.05) is 12.1 Å². The van der Waals surface area contributed by atoms with Crippen LogP contribution in [-0.4, -0.2) is 57.3 Å². The molecule has 0 atom stereocenters. The summed E-state index contributed by atoms with van der Waals surface area (Å²) in [6, 6.07) is 13.5. The Hall–Kier alpha value is -2.91. The first-order chi connectivity index (χ1) is 14.4. The van der Waals surface area contributed by atoms with Crippen LogP contribution in [0.25, 0.3) is 0 Å². The van der Waals surface area contributed by atoms with E-state index < -0.39 is 15.7 Å². The first kappa shape index (κ1) is 20.4. The highest BCUT2D eigenvalue weighted by atomic mass is 32.2. The van der Waals surface area contributed by atoms with Crippen molar-refractivity contribution in [3.8, 4) is 11.5 Å². The van der Waals surface area contributed by atoms with Gasteiger partial charge in [-0.3, -0.25) is 9.79 Å². The number of rotatable bonds is 5. The SMILES string of the molecule is COc1ccc(S(=O)(=O)N2CCC3(CC2)N=C(c2cccc(OC)c2)C(=O)N3)cc1. The van der Waals surface area contributed by atoms with Gasteiger partial charge in [0, 0.05) is 31.5 Å². The van der Waals surface area contributed by atoms with E-state index in [4.69, 9.17) is 9.47 Å². The smallest absolute Gasteiger partial charge is 0.272 e. The van der Waals surface area contributed by atoms with Crippen LogP contribution in [-0.2, 0) is 14.8 Å².